The molecule has 3 nitrogen and oxygen atoms in total. The van der Waals surface area contributed by atoms with E-state index in [2.05, 4.69) is 86.7 Å². The minimum Gasteiger partial charge on any atom is -0.414 e. The van der Waals surface area contributed by atoms with Gasteiger partial charge in [0.05, 0.1) is 5.60 Å². The fraction of sp³-hybridized carbons (Fsp3) is 0.892. The number of fused-ring (bicyclic) bond motifs is 5. The van der Waals surface area contributed by atoms with Crippen molar-refractivity contribution in [1.29, 1.82) is 0 Å². The molecule has 0 aromatic carbocycles. The van der Waals surface area contributed by atoms with E-state index in [4.69, 9.17) is 13.9 Å². The van der Waals surface area contributed by atoms with E-state index >= 15 is 0 Å². The Morgan fingerprint density at radius 1 is 1.00 bits per heavy atom. The van der Waals surface area contributed by atoms with Gasteiger partial charge in [-0.05, 0) is 144 Å². The molecule has 0 radical (unpaired) electrons. The van der Waals surface area contributed by atoms with Crippen LogP contribution in [-0.4, -0.2) is 32.9 Å². The Morgan fingerprint density at radius 3 is 2.37 bits per heavy atom. The third kappa shape index (κ3) is 6.81. The van der Waals surface area contributed by atoms with Crippen LogP contribution in [0.25, 0.3) is 0 Å². The van der Waals surface area contributed by atoms with Crippen LogP contribution >= 0.6 is 0 Å². The molecular formula is C37H66O3Si. The SMILES string of the molecule is CCOC(C)OC(C)(C)C/C=C/[C@H](C)[C@H]1CC[C@H]2[C@@H]3CC=C4C[C@@H](O[Si](C)(C)C(C)(C)C)CC[C@]4(C)[C@H]3CC[C@]12C. The van der Waals surface area contributed by atoms with Crippen molar-refractivity contribution in [2.75, 3.05) is 6.61 Å². The molecule has 0 saturated heterocycles. The Kier molecular flexibility index (Phi) is 9.93. The highest BCUT2D eigenvalue weighted by atomic mass is 28.4. The van der Waals surface area contributed by atoms with Crippen molar-refractivity contribution in [1.82, 2.24) is 0 Å². The fourth-order valence-corrected chi connectivity index (χ4v) is 11.1. The van der Waals surface area contributed by atoms with Gasteiger partial charge < -0.3 is 13.9 Å². The summed E-state index contributed by atoms with van der Waals surface area (Å²) in [5.74, 6) is 4.03. The van der Waals surface area contributed by atoms with Crippen molar-refractivity contribution < 1.29 is 13.9 Å². The summed E-state index contributed by atoms with van der Waals surface area (Å²) >= 11 is 0. The zero-order valence-electron chi connectivity index (χ0n) is 29.1. The smallest absolute Gasteiger partial charge is 0.192 e. The highest BCUT2D eigenvalue weighted by Crippen LogP contribution is 2.67. The highest BCUT2D eigenvalue weighted by molar-refractivity contribution is 6.74. The maximum absolute atomic E-state index is 6.96. The van der Waals surface area contributed by atoms with E-state index in [9.17, 15) is 0 Å². The first-order valence-electron chi connectivity index (χ1n) is 17.3. The van der Waals surface area contributed by atoms with Crippen molar-refractivity contribution in [2.24, 2.45) is 40.4 Å². The second-order valence-electron chi connectivity index (χ2n) is 17.1. The van der Waals surface area contributed by atoms with Gasteiger partial charge in [0.25, 0.3) is 0 Å². The summed E-state index contributed by atoms with van der Waals surface area (Å²) in [6, 6.07) is 0. The first-order valence-corrected chi connectivity index (χ1v) is 20.2. The molecule has 236 valence electrons. The van der Waals surface area contributed by atoms with Gasteiger partial charge in [0, 0.05) is 12.7 Å². The molecule has 0 aromatic heterocycles. The fourth-order valence-electron chi connectivity index (χ4n) is 9.69. The largest absolute Gasteiger partial charge is 0.414 e. The summed E-state index contributed by atoms with van der Waals surface area (Å²) in [5.41, 5.74) is 2.42. The monoisotopic (exact) mass is 586 g/mol. The molecule has 4 heteroatoms. The van der Waals surface area contributed by atoms with Gasteiger partial charge in [-0.25, -0.2) is 0 Å². The van der Waals surface area contributed by atoms with Crippen LogP contribution in [0.15, 0.2) is 23.8 Å². The Labute approximate surface area is 255 Å². The highest BCUT2D eigenvalue weighted by Gasteiger charge is 2.59. The summed E-state index contributed by atoms with van der Waals surface area (Å²) in [4.78, 5) is 0. The van der Waals surface area contributed by atoms with Crippen LogP contribution in [0.3, 0.4) is 0 Å². The Hall–Kier alpha value is -0.423. The second kappa shape index (κ2) is 12.2. The van der Waals surface area contributed by atoms with Crippen molar-refractivity contribution >= 4 is 8.32 Å². The summed E-state index contributed by atoms with van der Waals surface area (Å²) in [7, 11) is -1.73. The molecular weight excluding hydrogens is 520 g/mol. The average Bonchev–Trinajstić information content (AvgIpc) is 3.20. The van der Waals surface area contributed by atoms with E-state index in [0.717, 1.165) is 30.1 Å². The topological polar surface area (TPSA) is 27.7 Å². The van der Waals surface area contributed by atoms with E-state index in [1.807, 2.05) is 13.8 Å². The zero-order chi connectivity index (χ0) is 30.4. The third-order valence-corrected chi connectivity index (χ3v) is 17.5. The van der Waals surface area contributed by atoms with Crippen LogP contribution in [0.2, 0.25) is 18.1 Å². The van der Waals surface area contributed by atoms with Gasteiger partial charge in [0.15, 0.2) is 14.6 Å². The number of hydrogen-bond acceptors (Lipinski definition) is 3. The lowest BCUT2D eigenvalue weighted by Gasteiger charge is -2.59. The van der Waals surface area contributed by atoms with Crippen molar-refractivity contribution in [3.05, 3.63) is 23.8 Å². The Morgan fingerprint density at radius 2 is 1.71 bits per heavy atom. The van der Waals surface area contributed by atoms with Crippen LogP contribution in [-0.2, 0) is 13.9 Å². The molecule has 0 N–H and O–H groups in total. The van der Waals surface area contributed by atoms with E-state index in [-0.39, 0.29) is 16.9 Å². The first kappa shape index (κ1) is 33.5. The molecule has 0 aliphatic heterocycles. The van der Waals surface area contributed by atoms with E-state index in [0.29, 0.717) is 29.5 Å². The number of ether oxygens (including phenoxy) is 2. The lowest BCUT2D eigenvalue weighted by Crippen LogP contribution is -2.52. The first-order chi connectivity index (χ1) is 18.9. The maximum Gasteiger partial charge on any atom is 0.192 e. The number of allylic oxidation sites excluding steroid dienone is 2. The van der Waals surface area contributed by atoms with Gasteiger partial charge in [-0.2, -0.15) is 0 Å². The van der Waals surface area contributed by atoms with Gasteiger partial charge in [0.1, 0.15) is 0 Å². The van der Waals surface area contributed by atoms with Crippen LogP contribution in [0, 0.1) is 40.4 Å². The minimum absolute atomic E-state index is 0.155. The van der Waals surface area contributed by atoms with Gasteiger partial charge in [0.2, 0.25) is 0 Å². The molecule has 0 aromatic rings. The van der Waals surface area contributed by atoms with Gasteiger partial charge >= 0.3 is 0 Å². The van der Waals surface area contributed by atoms with Crippen molar-refractivity contribution in [3.8, 4) is 0 Å². The predicted octanol–water partition coefficient (Wildman–Crippen LogP) is 10.7. The molecule has 4 rings (SSSR count). The summed E-state index contributed by atoms with van der Waals surface area (Å²) in [6.45, 7) is 28.9. The normalized spacial score (nSPS) is 37.8. The molecule has 9 atom stereocenters. The van der Waals surface area contributed by atoms with Crippen LogP contribution in [0.1, 0.15) is 127 Å². The second-order valence-corrected chi connectivity index (χ2v) is 21.9. The predicted molar refractivity (Wildman–Crippen MR) is 176 cm³/mol. The van der Waals surface area contributed by atoms with Crippen LogP contribution < -0.4 is 0 Å². The van der Waals surface area contributed by atoms with E-state index < -0.39 is 8.32 Å². The minimum atomic E-state index is -1.73. The Bertz CT molecular complexity index is 960. The van der Waals surface area contributed by atoms with E-state index in [1.54, 1.807) is 5.57 Å². The molecule has 0 spiro atoms. The lowest BCUT2D eigenvalue weighted by atomic mass is 9.47. The summed E-state index contributed by atoms with van der Waals surface area (Å²) < 4.78 is 18.7. The molecule has 0 heterocycles. The molecule has 3 fully saturated rings. The third-order valence-electron chi connectivity index (χ3n) is 13.0. The van der Waals surface area contributed by atoms with E-state index in [1.165, 1.54) is 51.4 Å². The molecule has 0 amide bonds. The molecule has 1 unspecified atom stereocenters. The number of hydrogen-bond donors (Lipinski definition) is 0. The maximum atomic E-state index is 6.96. The van der Waals surface area contributed by atoms with Gasteiger partial charge in [-0.3, -0.25) is 0 Å². The quantitative estimate of drug-likeness (QED) is 0.145. The van der Waals surface area contributed by atoms with Gasteiger partial charge in [-0.15, -0.1) is 0 Å². The molecule has 4 aliphatic carbocycles. The number of rotatable bonds is 10. The summed E-state index contributed by atoms with van der Waals surface area (Å²) in [5, 5.41) is 0.283. The van der Waals surface area contributed by atoms with Crippen LogP contribution in [0.5, 0.6) is 0 Å². The lowest BCUT2D eigenvalue weighted by molar-refractivity contribution is -0.187. The molecule has 4 aliphatic rings. The van der Waals surface area contributed by atoms with Crippen molar-refractivity contribution in [3.63, 3.8) is 0 Å². The zero-order valence-corrected chi connectivity index (χ0v) is 30.1. The standard InChI is InChI=1S/C37H66O3Si/c1-13-38-27(3)39-35(7,8)22-14-15-26(2)31-18-19-32-30-17-16-28-25-29(40-41(11,12)34(4,5)6)20-23-36(28,9)33(30)21-24-37(31,32)10/h14-16,26-27,29-33H,13,17-25H2,1-12H3/b15-14+/t26-,27?,29-,30-,31+,32-,33-,36-,37+/m0/s1. The molecule has 0 bridgehead atoms. The average molecular weight is 587 g/mol. The molecule has 3 saturated carbocycles. The molecule has 41 heavy (non-hydrogen) atoms. The van der Waals surface area contributed by atoms with Gasteiger partial charge in [-0.1, -0.05) is 65.3 Å². The summed E-state index contributed by atoms with van der Waals surface area (Å²) in [6.07, 6.45) is 19.6. The Balaban J connectivity index is 1.41. The van der Waals surface area contributed by atoms with Crippen LogP contribution in [0.4, 0.5) is 0 Å². The van der Waals surface area contributed by atoms with Crippen molar-refractivity contribution in [2.45, 2.75) is 163 Å².